The van der Waals surface area contributed by atoms with E-state index in [0.717, 1.165) is 31.6 Å². The number of halogens is 1. The number of hydrogen-bond acceptors (Lipinski definition) is 2. The highest BCUT2D eigenvalue weighted by atomic mass is 79.9. The van der Waals surface area contributed by atoms with Gasteiger partial charge in [0.2, 0.25) is 0 Å². The summed E-state index contributed by atoms with van der Waals surface area (Å²) < 4.78 is 5.58. The topological polar surface area (TPSA) is 29.5 Å². The third kappa shape index (κ3) is 3.98. The zero-order chi connectivity index (χ0) is 14.5. The van der Waals surface area contributed by atoms with Gasteiger partial charge in [-0.1, -0.05) is 28.9 Å². The fourth-order valence-corrected chi connectivity index (χ4v) is 3.49. The Kier molecular flexibility index (Phi) is 5.46. The number of rotatable bonds is 6. The van der Waals surface area contributed by atoms with Crippen LogP contribution in [0.25, 0.3) is 0 Å². The Morgan fingerprint density at radius 3 is 2.85 bits per heavy atom. The Hall–Kier alpha value is -1.03. The molecule has 1 aromatic carbocycles. The fourth-order valence-electron chi connectivity index (χ4n) is 2.43. The molecule has 0 atom stereocenters. The van der Waals surface area contributed by atoms with Crippen LogP contribution in [0.3, 0.4) is 0 Å². The van der Waals surface area contributed by atoms with Crippen molar-refractivity contribution in [2.24, 2.45) is 5.92 Å². The van der Waals surface area contributed by atoms with Crippen LogP contribution < -0.4 is 4.74 Å². The molecule has 1 aliphatic carbocycles. The van der Waals surface area contributed by atoms with Gasteiger partial charge in [-0.3, -0.25) is 4.79 Å². The Balaban J connectivity index is 1.93. The van der Waals surface area contributed by atoms with Gasteiger partial charge in [0.05, 0.1) is 6.61 Å². The van der Waals surface area contributed by atoms with Gasteiger partial charge in [-0.25, -0.2) is 0 Å². The van der Waals surface area contributed by atoms with Gasteiger partial charge in [0, 0.05) is 24.0 Å². The van der Waals surface area contributed by atoms with Crippen molar-refractivity contribution in [2.75, 3.05) is 20.2 Å². The Morgan fingerprint density at radius 1 is 1.45 bits per heavy atom. The van der Waals surface area contributed by atoms with E-state index in [1.54, 1.807) is 0 Å². The molecule has 0 N–H and O–H groups in total. The molecule has 0 unspecified atom stereocenters. The first-order valence-electron chi connectivity index (χ1n) is 7.22. The zero-order valence-electron chi connectivity index (χ0n) is 12.1. The lowest BCUT2D eigenvalue weighted by Crippen LogP contribution is -2.37. The lowest BCUT2D eigenvalue weighted by atomic mass is 9.85. The molecule has 1 saturated carbocycles. The van der Waals surface area contributed by atoms with Crippen LogP contribution in [0.1, 0.15) is 36.5 Å². The van der Waals surface area contributed by atoms with Crippen molar-refractivity contribution in [1.82, 2.24) is 4.90 Å². The number of hydrogen-bond donors (Lipinski definition) is 0. The van der Waals surface area contributed by atoms with E-state index in [2.05, 4.69) is 22.9 Å². The smallest absolute Gasteiger partial charge is 0.253 e. The first-order valence-corrected chi connectivity index (χ1v) is 8.14. The summed E-state index contributed by atoms with van der Waals surface area (Å²) in [6.45, 7) is 3.59. The van der Waals surface area contributed by atoms with Crippen LogP contribution in [0, 0.1) is 5.92 Å². The number of carbonyl (C=O) groups is 1. The maximum Gasteiger partial charge on any atom is 0.253 e. The van der Waals surface area contributed by atoms with Gasteiger partial charge < -0.3 is 9.64 Å². The summed E-state index contributed by atoms with van der Waals surface area (Å²) >= 11 is 3.59. The molecule has 2 rings (SSSR count). The predicted octanol–water partition coefficient (Wildman–Crippen LogP) is 3.72. The first kappa shape index (κ1) is 15.4. The minimum atomic E-state index is 0.0740. The van der Waals surface area contributed by atoms with Crippen LogP contribution in [0.15, 0.2) is 24.3 Å². The highest BCUT2D eigenvalue weighted by molar-refractivity contribution is 9.09. The first-order chi connectivity index (χ1) is 9.60. The van der Waals surface area contributed by atoms with Crippen molar-refractivity contribution in [3.63, 3.8) is 0 Å². The average Bonchev–Trinajstić information content (AvgIpc) is 2.42. The molecule has 1 fully saturated rings. The minimum absolute atomic E-state index is 0.0740. The number of nitrogens with zero attached hydrogens (tertiary/aromatic N) is 1. The zero-order valence-corrected chi connectivity index (χ0v) is 13.7. The second-order valence-corrected chi connectivity index (χ2v) is 6.79. The molecule has 20 heavy (non-hydrogen) atoms. The summed E-state index contributed by atoms with van der Waals surface area (Å²) in [5.74, 6) is 1.48. The molecule has 0 aliphatic heterocycles. The molecule has 1 aliphatic rings. The fraction of sp³-hybridized carbons (Fsp3) is 0.562. The number of amides is 1. The maximum absolute atomic E-state index is 12.4. The normalized spacial score (nSPS) is 21.1. The van der Waals surface area contributed by atoms with Crippen LogP contribution in [0.2, 0.25) is 0 Å². The summed E-state index contributed by atoms with van der Waals surface area (Å²) in [4.78, 5) is 14.8. The summed E-state index contributed by atoms with van der Waals surface area (Å²) in [5, 5.41) is 0. The molecule has 0 aromatic heterocycles. The molecule has 0 spiro atoms. The van der Waals surface area contributed by atoms with Crippen LogP contribution in [0.5, 0.6) is 5.75 Å². The van der Waals surface area contributed by atoms with Crippen LogP contribution >= 0.6 is 15.9 Å². The van der Waals surface area contributed by atoms with E-state index in [1.807, 2.05) is 36.2 Å². The Bertz CT molecular complexity index is 458. The second kappa shape index (κ2) is 7.11. The van der Waals surface area contributed by atoms with E-state index in [-0.39, 0.29) is 5.91 Å². The van der Waals surface area contributed by atoms with Crippen LogP contribution in [-0.2, 0) is 0 Å². The number of carbonyl (C=O) groups excluding carboxylic acids is 1. The minimum Gasteiger partial charge on any atom is -0.494 e. The third-order valence-corrected chi connectivity index (χ3v) is 4.36. The van der Waals surface area contributed by atoms with Gasteiger partial charge >= 0.3 is 0 Å². The van der Waals surface area contributed by atoms with Gasteiger partial charge in [-0.2, -0.15) is 0 Å². The quantitative estimate of drug-likeness (QED) is 0.739. The molecule has 0 saturated heterocycles. The van der Waals surface area contributed by atoms with Gasteiger partial charge in [0.15, 0.2) is 0 Å². The van der Waals surface area contributed by atoms with Crippen molar-refractivity contribution in [3.8, 4) is 5.75 Å². The Morgan fingerprint density at radius 2 is 2.20 bits per heavy atom. The lowest BCUT2D eigenvalue weighted by Gasteiger charge is -2.34. The molecule has 4 heteroatoms. The van der Waals surface area contributed by atoms with E-state index in [0.29, 0.717) is 22.9 Å². The number of ether oxygens (including phenoxy) is 1. The highest BCUT2D eigenvalue weighted by Crippen LogP contribution is 2.33. The molecule has 1 amide bonds. The highest BCUT2D eigenvalue weighted by Gasteiger charge is 2.28. The van der Waals surface area contributed by atoms with Gasteiger partial charge in [0.25, 0.3) is 5.91 Å². The van der Waals surface area contributed by atoms with E-state index in [9.17, 15) is 4.79 Å². The van der Waals surface area contributed by atoms with Gasteiger partial charge in [0.1, 0.15) is 5.75 Å². The van der Waals surface area contributed by atoms with Crippen molar-refractivity contribution < 1.29 is 9.53 Å². The van der Waals surface area contributed by atoms with Gasteiger partial charge in [-0.05, 0) is 43.4 Å². The molecular weight excluding hydrogens is 318 g/mol. The number of alkyl halides is 1. The van der Waals surface area contributed by atoms with Crippen molar-refractivity contribution >= 4 is 21.8 Å². The van der Waals surface area contributed by atoms with Crippen molar-refractivity contribution in [1.29, 1.82) is 0 Å². The predicted molar refractivity (Wildman–Crippen MR) is 84.6 cm³/mol. The van der Waals surface area contributed by atoms with Crippen molar-refractivity contribution in [2.45, 2.75) is 31.0 Å². The molecule has 0 radical (unpaired) electrons. The van der Waals surface area contributed by atoms with E-state index < -0.39 is 0 Å². The van der Waals surface area contributed by atoms with Crippen LogP contribution in [-0.4, -0.2) is 35.8 Å². The molecular formula is C16H22BrNO2. The van der Waals surface area contributed by atoms with E-state index >= 15 is 0 Å². The third-order valence-electron chi connectivity index (χ3n) is 3.61. The molecule has 3 nitrogen and oxygen atoms in total. The summed E-state index contributed by atoms with van der Waals surface area (Å²) in [5.41, 5.74) is 0.704. The second-order valence-electron chi connectivity index (χ2n) is 5.50. The summed E-state index contributed by atoms with van der Waals surface area (Å²) in [6.07, 6.45) is 3.29. The molecule has 1 aromatic rings. The standard InChI is InChI=1S/C16H22BrNO2/c1-3-7-20-15-6-4-5-13(10-15)16(19)18(2)11-12-8-14(17)9-12/h4-6,10,12,14H,3,7-9,11H2,1-2H3. The lowest BCUT2D eigenvalue weighted by molar-refractivity contribution is 0.0748. The number of benzene rings is 1. The molecule has 110 valence electrons. The van der Waals surface area contributed by atoms with Crippen LogP contribution in [0.4, 0.5) is 0 Å². The summed E-state index contributed by atoms with van der Waals surface area (Å²) in [7, 11) is 1.88. The molecule has 0 heterocycles. The molecule has 0 bridgehead atoms. The van der Waals surface area contributed by atoms with E-state index in [4.69, 9.17) is 4.74 Å². The Labute approximate surface area is 129 Å². The van der Waals surface area contributed by atoms with Gasteiger partial charge in [-0.15, -0.1) is 0 Å². The van der Waals surface area contributed by atoms with Crippen molar-refractivity contribution in [3.05, 3.63) is 29.8 Å². The summed E-state index contributed by atoms with van der Waals surface area (Å²) in [6, 6.07) is 7.46. The maximum atomic E-state index is 12.4. The van der Waals surface area contributed by atoms with E-state index in [1.165, 1.54) is 0 Å². The SMILES string of the molecule is CCCOc1cccc(C(=O)N(C)CC2CC(Br)C2)c1. The average molecular weight is 340 g/mol. The largest absolute Gasteiger partial charge is 0.494 e. The monoisotopic (exact) mass is 339 g/mol.